The van der Waals surface area contributed by atoms with Crippen molar-refractivity contribution in [1.82, 2.24) is 9.55 Å². The predicted octanol–water partition coefficient (Wildman–Crippen LogP) is 4.86. The zero-order valence-corrected chi connectivity index (χ0v) is 17.4. The van der Waals surface area contributed by atoms with Crippen LogP contribution in [0.3, 0.4) is 0 Å². The summed E-state index contributed by atoms with van der Waals surface area (Å²) >= 11 is 3.47. The number of para-hydroxylation sites is 2. The van der Waals surface area contributed by atoms with E-state index in [2.05, 4.69) is 33.1 Å². The smallest absolute Gasteiger partial charge is 0.227 e. The summed E-state index contributed by atoms with van der Waals surface area (Å²) in [5.41, 5.74) is 2.90. The molecule has 0 bridgehead atoms. The topological polar surface area (TPSA) is 47.4 Å². The first-order valence-electron chi connectivity index (χ1n) is 9.38. The molecule has 0 saturated carbocycles. The van der Waals surface area contributed by atoms with E-state index in [1.54, 1.807) is 0 Å². The average Bonchev–Trinajstić information content (AvgIpc) is 3.23. The summed E-state index contributed by atoms with van der Waals surface area (Å²) in [7, 11) is 0. The SMILES string of the molecule is C=C(Br)Cn1c(C2CC(=O)N(c3ccc(OCC)cc3)C2)nc2ccccc21. The molecule has 1 fully saturated rings. The van der Waals surface area contributed by atoms with Crippen LogP contribution < -0.4 is 9.64 Å². The molecule has 6 heteroatoms. The molecule has 1 amide bonds. The summed E-state index contributed by atoms with van der Waals surface area (Å²) in [4.78, 5) is 19.4. The Morgan fingerprint density at radius 2 is 2.00 bits per heavy atom. The lowest BCUT2D eigenvalue weighted by Gasteiger charge is -2.18. The molecule has 3 aromatic rings. The van der Waals surface area contributed by atoms with Gasteiger partial charge in [0.25, 0.3) is 0 Å². The molecule has 1 unspecified atom stereocenters. The van der Waals surface area contributed by atoms with Crippen LogP contribution in [0.1, 0.15) is 25.1 Å². The third-order valence-electron chi connectivity index (χ3n) is 4.96. The number of fused-ring (bicyclic) bond motifs is 1. The monoisotopic (exact) mass is 439 g/mol. The highest BCUT2D eigenvalue weighted by Gasteiger charge is 2.34. The number of ether oxygens (including phenoxy) is 1. The lowest BCUT2D eigenvalue weighted by molar-refractivity contribution is -0.117. The van der Waals surface area contributed by atoms with Crippen molar-refractivity contribution in [3.8, 4) is 5.75 Å². The Morgan fingerprint density at radius 3 is 2.71 bits per heavy atom. The van der Waals surface area contributed by atoms with E-state index in [0.29, 0.717) is 26.1 Å². The Morgan fingerprint density at radius 1 is 1.25 bits per heavy atom. The standard InChI is InChI=1S/C22H22BrN3O2/c1-3-28-18-10-8-17(9-11-18)25-14-16(12-21(25)27)22-24-19-6-4-5-7-20(19)26(22)13-15(2)23/h4-11,16H,2-3,12-14H2,1H3. The Hall–Kier alpha value is -2.60. The van der Waals surface area contributed by atoms with Crippen molar-refractivity contribution >= 4 is 38.6 Å². The fraction of sp³-hybridized carbons (Fsp3) is 0.273. The van der Waals surface area contributed by atoms with E-state index in [4.69, 9.17) is 9.72 Å². The molecule has 1 aliphatic heterocycles. The van der Waals surface area contributed by atoms with Crippen LogP contribution in [0.25, 0.3) is 11.0 Å². The number of imidazole rings is 1. The first-order valence-corrected chi connectivity index (χ1v) is 10.2. The van der Waals surface area contributed by atoms with E-state index in [0.717, 1.165) is 32.8 Å². The number of hydrogen-bond acceptors (Lipinski definition) is 3. The summed E-state index contributed by atoms with van der Waals surface area (Å²) in [6.45, 7) is 7.81. The largest absolute Gasteiger partial charge is 0.494 e. The highest BCUT2D eigenvalue weighted by molar-refractivity contribution is 9.11. The van der Waals surface area contributed by atoms with Gasteiger partial charge in [-0.1, -0.05) is 34.6 Å². The van der Waals surface area contributed by atoms with E-state index in [1.165, 1.54) is 0 Å². The number of nitrogens with zero attached hydrogens (tertiary/aromatic N) is 3. The Bertz CT molecular complexity index is 1030. The van der Waals surface area contributed by atoms with Gasteiger partial charge in [-0.3, -0.25) is 4.79 Å². The molecular weight excluding hydrogens is 418 g/mol. The molecule has 1 saturated heterocycles. The molecule has 5 nitrogen and oxygen atoms in total. The van der Waals surface area contributed by atoms with Crippen molar-refractivity contribution in [2.75, 3.05) is 18.1 Å². The number of allylic oxidation sites excluding steroid dienone is 1. The van der Waals surface area contributed by atoms with Gasteiger partial charge in [0.05, 0.1) is 24.2 Å². The molecule has 144 valence electrons. The van der Waals surface area contributed by atoms with Gasteiger partial charge in [0, 0.05) is 29.1 Å². The third kappa shape index (κ3) is 3.56. The van der Waals surface area contributed by atoms with Gasteiger partial charge in [-0.25, -0.2) is 4.98 Å². The number of benzene rings is 2. The molecule has 0 N–H and O–H groups in total. The van der Waals surface area contributed by atoms with Crippen molar-refractivity contribution in [3.05, 3.63) is 65.4 Å². The quantitative estimate of drug-likeness (QED) is 0.550. The van der Waals surface area contributed by atoms with E-state index >= 15 is 0 Å². The first-order chi connectivity index (χ1) is 13.6. The molecule has 0 spiro atoms. The van der Waals surface area contributed by atoms with Crippen molar-refractivity contribution < 1.29 is 9.53 Å². The van der Waals surface area contributed by atoms with Crippen LogP contribution in [-0.4, -0.2) is 28.6 Å². The van der Waals surface area contributed by atoms with Gasteiger partial charge in [0.1, 0.15) is 11.6 Å². The predicted molar refractivity (Wildman–Crippen MR) is 115 cm³/mol. The number of carbonyl (C=O) groups excluding carboxylic acids is 1. The van der Waals surface area contributed by atoms with Gasteiger partial charge >= 0.3 is 0 Å². The normalized spacial score (nSPS) is 16.7. The number of halogens is 1. The lowest BCUT2D eigenvalue weighted by Crippen LogP contribution is -2.24. The maximum absolute atomic E-state index is 12.7. The number of hydrogen-bond donors (Lipinski definition) is 0. The number of aromatic nitrogens is 2. The Kier molecular flexibility index (Phi) is 5.22. The highest BCUT2D eigenvalue weighted by atomic mass is 79.9. The van der Waals surface area contributed by atoms with Crippen LogP contribution in [0, 0.1) is 0 Å². The molecule has 1 aromatic heterocycles. The molecule has 0 aliphatic carbocycles. The van der Waals surface area contributed by atoms with Crippen molar-refractivity contribution in [3.63, 3.8) is 0 Å². The Labute approximate surface area is 172 Å². The number of anilines is 1. The van der Waals surface area contributed by atoms with E-state index in [-0.39, 0.29) is 11.8 Å². The van der Waals surface area contributed by atoms with Crippen LogP contribution in [0.2, 0.25) is 0 Å². The maximum Gasteiger partial charge on any atom is 0.227 e. The zero-order valence-electron chi connectivity index (χ0n) is 15.8. The first kappa shape index (κ1) is 18.7. The van der Waals surface area contributed by atoms with E-state index < -0.39 is 0 Å². The fourth-order valence-corrected chi connectivity index (χ4v) is 4.01. The van der Waals surface area contributed by atoms with Gasteiger partial charge in [0.15, 0.2) is 0 Å². The van der Waals surface area contributed by atoms with Gasteiger partial charge in [-0.05, 0) is 43.3 Å². The number of rotatable bonds is 6. The van der Waals surface area contributed by atoms with Crippen molar-refractivity contribution in [1.29, 1.82) is 0 Å². The van der Waals surface area contributed by atoms with Gasteiger partial charge in [-0.15, -0.1) is 0 Å². The van der Waals surface area contributed by atoms with Gasteiger partial charge < -0.3 is 14.2 Å². The van der Waals surface area contributed by atoms with Gasteiger partial charge in [-0.2, -0.15) is 0 Å². The maximum atomic E-state index is 12.7. The minimum absolute atomic E-state index is 0.0401. The fourth-order valence-electron chi connectivity index (χ4n) is 3.76. The molecule has 28 heavy (non-hydrogen) atoms. The Balaban J connectivity index is 1.64. The molecule has 2 aromatic carbocycles. The minimum Gasteiger partial charge on any atom is -0.494 e. The zero-order chi connectivity index (χ0) is 19.7. The van der Waals surface area contributed by atoms with E-state index in [1.807, 2.05) is 54.3 Å². The second kappa shape index (κ2) is 7.80. The van der Waals surface area contributed by atoms with Crippen LogP contribution >= 0.6 is 15.9 Å². The van der Waals surface area contributed by atoms with Crippen molar-refractivity contribution in [2.24, 2.45) is 0 Å². The highest BCUT2D eigenvalue weighted by Crippen LogP contribution is 2.34. The molecular formula is C22H22BrN3O2. The summed E-state index contributed by atoms with van der Waals surface area (Å²) in [5, 5.41) is 0. The molecule has 2 heterocycles. The summed E-state index contributed by atoms with van der Waals surface area (Å²) in [6.07, 6.45) is 0.450. The van der Waals surface area contributed by atoms with Crippen LogP contribution in [0.4, 0.5) is 5.69 Å². The molecule has 4 rings (SSSR count). The van der Waals surface area contributed by atoms with Crippen molar-refractivity contribution in [2.45, 2.75) is 25.8 Å². The summed E-state index contributed by atoms with van der Waals surface area (Å²) < 4.78 is 8.54. The summed E-state index contributed by atoms with van der Waals surface area (Å²) in [5.74, 6) is 1.90. The third-order valence-corrected chi connectivity index (χ3v) is 5.21. The second-order valence-corrected chi connectivity index (χ2v) is 8.02. The number of amides is 1. The summed E-state index contributed by atoms with van der Waals surface area (Å²) in [6, 6.07) is 15.7. The molecule has 0 radical (unpaired) electrons. The van der Waals surface area contributed by atoms with Crippen LogP contribution in [0.15, 0.2) is 59.6 Å². The molecule has 1 aliphatic rings. The number of carbonyl (C=O) groups is 1. The second-order valence-electron chi connectivity index (χ2n) is 6.89. The molecule has 1 atom stereocenters. The van der Waals surface area contributed by atoms with Crippen LogP contribution in [-0.2, 0) is 11.3 Å². The minimum atomic E-state index is 0.0401. The van der Waals surface area contributed by atoms with Gasteiger partial charge in [0.2, 0.25) is 5.91 Å². The lowest BCUT2D eigenvalue weighted by atomic mass is 10.1. The van der Waals surface area contributed by atoms with E-state index in [9.17, 15) is 4.79 Å². The van der Waals surface area contributed by atoms with Crippen LogP contribution in [0.5, 0.6) is 5.75 Å². The average molecular weight is 440 g/mol.